The van der Waals surface area contributed by atoms with Gasteiger partial charge in [-0.2, -0.15) is 5.10 Å². The van der Waals surface area contributed by atoms with Crippen molar-refractivity contribution in [2.75, 3.05) is 13.1 Å². The van der Waals surface area contributed by atoms with Gasteiger partial charge in [-0.1, -0.05) is 43.6 Å². The summed E-state index contributed by atoms with van der Waals surface area (Å²) in [6.45, 7) is 9.91. The third-order valence-electron chi connectivity index (χ3n) is 5.52. The number of hydrogen-bond acceptors (Lipinski definition) is 3. The second-order valence-electron chi connectivity index (χ2n) is 7.63. The first-order valence-electron chi connectivity index (χ1n) is 10.5. The average molecular weight is 429 g/mol. The van der Waals surface area contributed by atoms with E-state index in [1.54, 1.807) is 11.1 Å². The van der Waals surface area contributed by atoms with Crippen LogP contribution in [0.2, 0.25) is 5.02 Å². The van der Waals surface area contributed by atoms with Crippen molar-refractivity contribution >= 4 is 28.3 Å². The van der Waals surface area contributed by atoms with E-state index in [1.165, 1.54) is 4.68 Å². The van der Waals surface area contributed by atoms with Gasteiger partial charge in [0.2, 0.25) is 5.91 Å². The Hall–Kier alpha value is -2.60. The Bertz CT molecular complexity index is 1110. The Labute approximate surface area is 182 Å². The van der Waals surface area contributed by atoms with Crippen LogP contribution in [-0.2, 0) is 17.9 Å². The Balaban J connectivity index is 1.98. The molecule has 0 radical (unpaired) electrons. The van der Waals surface area contributed by atoms with E-state index in [0.717, 1.165) is 35.2 Å². The summed E-state index contributed by atoms with van der Waals surface area (Å²) in [7, 11) is 0. The highest BCUT2D eigenvalue weighted by Gasteiger charge is 2.19. The van der Waals surface area contributed by atoms with Gasteiger partial charge in [-0.25, -0.2) is 4.68 Å². The van der Waals surface area contributed by atoms with E-state index in [-0.39, 0.29) is 18.0 Å². The summed E-state index contributed by atoms with van der Waals surface area (Å²) in [5.74, 6) is -0.0717. The van der Waals surface area contributed by atoms with E-state index in [1.807, 2.05) is 52.0 Å². The van der Waals surface area contributed by atoms with Gasteiger partial charge >= 0.3 is 0 Å². The molecular weight excluding hydrogens is 400 g/mol. The summed E-state index contributed by atoms with van der Waals surface area (Å²) in [6.07, 6.45) is 3.46. The van der Waals surface area contributed by atoms with Gasteiger partial charge in [0.1, 0.15) is 6.54 Å². The molecule has 0 atom stereocenters. The number of halogens is 1. The van der Waals surface area contributed by atoms with Crippen LogP contribution in [-0.4, -0.2) is 38.2 Å². The summed E-state index contributed by atoms with van der Waals surface area (Å²) >= 11 is 6.34. The lowest BCUT2D eigenvalue weighted by molar-refractivity contribution is -0.132. The first kappa shape index (κ1) is 22.1. The molecule has 0 saturated carbocycles. The van der Waals surface area contributed by atoms with Crippen molar-refractivity contribution in [3.8, 4) is 0 Å². The number of carbonyl (C=O) groups excluding carboxylic acids is 1. The summed E-state index contributed by atoms with van der Waals surface area (Å²) < 4.78 is 3.37. The Morgan fingerprint density at radius 3 is 2.40 bits per heavy atom. The van der Waals surface area contributed by atoms with Crippen molar-refractivity contribution in [2.45, 2.75) is 53.6 Å². The van der Waals surface area contributed by atoms with Gasteiger partial charge in [-0.3, -0.25) is 9.59 Å². The molecule has 0 aliphatic rings. The molecule has 0 saturated heterocycles. The molecule has 0 spiro atoms. The second-order valence-corrected chi connectivity index (χ2v) is 8.03. The molecule has 2 aromatic heterocycles. The highest BCUT2D eigenvalue weighted by atomic mass is 35.5. The fraction of sp³-hybridized carbons (Fsp3) is 0.435. The molecule has 3 rings (SSSR count). The highest BCUT2D eigenvalue weighted by molar-refractivity contribution is 6.31. The van der Waals surface area contributed by atoms with E-state index in [0.29, 0.717) is 30.0 Å². The van der Waals surface area contributed by atoms with Gasteiger partial charge in [0, 0.05) is 41.4 Å². The topological polar surface area (TPSA) is 60.1 Å². The maximum absolute atomic E-state index is 13.2. The summed E-state index contributed by atoms with van der Waals surface area (Å²) in [5.41, 5.74) is 2.58. The van der Waals surface area contributed by atoms with Crippen molar-refractivity contribution in [3.63, 3.8) is 0 Å². The molecule has 160 valence electrons. The van der Waals surface area contributed by atoms with E-state index in [2.05, 4.69) is 9.67 Å². The molecule has 1 amide bonds. The second kappa shape index (κ2) is 9.47. The molecule has 0 aliphatic heterocycles. The van der Waals surface area contributed by atoms with Crippen LogP contribution in [0.25, 0.3) is 10.8 Å². The number of carbonyl (C=O) groups is 1. The quantitative estimate of drug-likeness (QED) is 0.541. The number of nitrogens with zero attached hydrogens (tertiary/aromatic N) is 4. The number of benzene rings is 1. The lowest BCUT2D eigenvalue weighted by atomic mass is 10.2. The Morgan fingerprint density at radius 1 is 1.10 bits per heavy atom. The SMILES string of the molecule is CCCN(CCC)C(=O)Cn1ncc2c(C)n(Cc3ccccc3Cl)c(C)c2c1=O. The zero-order valence-corrected chi connectivity index (χ0v) is 18.9. The third kappa shape index (κ3) is 4.29. The van der Waals surface area contributed by atoms with Crippen molar-refractivity contribution in [2.24, 2.45) is 0 Å². The normalized spacial score (nSPS) is 11.2. The fourth-order valence-electron chi connectivity index (χ4n) is 3.92. The molecule has 1 aromatic carbocycles. The van der Waals surface area contributed by atoms with Crippen molar-refractivity contribution in [3.05, 3.63) is 62.8 Å². The molecule has 30 heavy (non-hydrogen) atoms. The number of hydrogen-bond donors (Lipinski definition) is 0. The van der Waals surface area contributed by atoms with Crippen LogP contribution in [0.3, 0.4) is 0 Å². The monoisotopic (exact) mass is 428 g/mol. The zero-order chi connectivity index (χ0) is 21.8. The molecule has 0 bridgehead atoms. The lowest BCUT2D eigenvalue weighted by Crippen LogP contribution is -2.38. The van der Waals surface area contributed by atoms with Crippen LogP contribution in [0.4, 0.5) is 0 Å². The molecule has 7 heteroatoms. The molecular formula is C23H29ClN4O2. The molecule has 0 aliphatic carbocycles. The molecule has 0 N–H and O–H groups in total. The molecule has 0 unspecified atom stereocenters. The van der Waals surface area contributed by atoms with Crippen LogP contribution in [0.5, 0.6) is 0 Å². The first-order valence-corrected chi connectivity index (χ1v) is 10.8. The lowest BCUT2D eigenvalue weighted by Gasteiger charge is -2.21. The first-order chi connectivity index (χ1) is 14.4. The van der Waals surface area contributed by atoms with E-state index >= 15 is 0 Å². The number of fused-ring (bicyclic) bond motifs is 1. The van der Waals surface area contributed by atoms with Crippen LogP contribution in [0.1, 0.15) is 43.6 Å². The number of rotatable bonds is 8. The third-order valence-corrected chi connectivity index (χ3v) is 5.89. The fourth-order valence-corrected chi connectivity index (χ4v) is 4.12. The summed E-state index contributed by atoms with van der Waals surface area (Å²) in [4.78, 5) is 27.7. The minimum atomic E-state index is -0.229. The molecule has 6 nitrogen and oxygen atoms in total. The standard InChI is InChI=1S/C23H29ClN4O2/c1-5-11-26(12-6-2)21(29)15-28-23(30)22-17(4)27(16(3)19(22)13-25-28)14-18-9-7-8-10-20(18)24/h7-10,13H,5-6,11-12,14-15H2,1-4H3. The van der Waals surface area contributed by atoms with Crippen LogP contribution >= 0.6 is 11.6 Å². The summed E-state index contributed by atoms with van der Waals surface area (Å²) in [5, 5.41) is 6.43. The van der Waals surface area contributed by atoms with Crippen LogP contribution in [0.15, 0.2) is 35.3 Å². The number of aryl methyl sites for hydroxylation is 2. The molecule has 0 fully saturated rings. The van der Waals surface area contributed by atoms with Crippen LogP contribution in [0, 0.1) is 13.8 Å². The average Bonchev–Trinajstić information content (AvgIpc) is 2.96. The largest absolute Gasteiger partial charge is 0.343 e. The zero-order valence-electron chi connectivity index (χ0n) is 18.1. The van der Waals surface area contributed by atoms with E-state index < -0.39 is 0 Å². The van der Waals surface area contributed by atoms with Gasteiger partial charge in [0.15, 0.2) is 0 Å². The Morgan fingerprint density at radius 2 is 1.77 bits per heavy atom. The van der Waals surface area contributed by atoms with Crippen LogP contribution < -0.4 is 5.56 Å². The highest BCUT2D eigenvalue weighted by Crippen LogP contribution is 2.25. The van der Waals surface area contributed by atoms with Gasteiger partial charge < -0.3 is 9.47 Å². The summed E-state index contributed by atoms with van der Waals surface area (Å²) in [6, 6.07) is 7.70. The molecule has 2 heterocycles. The van der Waals surface area contributed by atoms with Crippen molar-refractivity contribution < 1.29 is 4.79 Å². The minimum Gasteiger partial charge on any atom is -0.343 e. The Kier molecular flexibility index (Phi) is 6.98. The van der Waals surface area contributed by atoms with Gasteiger partial charge in [-0.15, -0.1) is 0 Å². The van der Waals surface area contributed by atoms with Crippen molar-refractivity contribution in [1.82, 2.24) is 19.2 Å². The van der Waals surface area contributed by atoms with E-state index in [4.69, 9.17) is 11.6 Å². The maximum atomic E-state index is 13.2. The predicted molar refractivity (Wildman–Crippen MR) is 121 cm³/mol. The van der Waals surface area contributed by atoms with Crippen molar-refractivity contribution in [1.29, 1.82) is 0 Å². The number of amides is 1. The smallest absolute Gasteiger partial charge is 0.276 e. The predicted octanol–water partition coefficient (Wildman–Crippen LogP) is 4.17. The van der Waals surface area contributed by atoms with Gasteiger partial charge in [0.05, 0.1) is 11.6 Å². The van der Waals surface area contributed by atoms with E-state index in [9.17, 15) is 9.59 Å². The molecule has 3 aromatic rings. The van der Waals surface area contributed by atoms with Gasteiger partial charge in [0.25, 0.3) is 5.56 Å². The number of aromatic nitrogens is 3. The van der Waals surface area contributed by atoms with Gasteiger partial charge in [-0.05, 0) is 38.3 Å². The maximum Gasteiger partial charge on any atom is 0.276 e. The minimum absolute atomic E-state index is 0.0387.